The molecule has 2 aromatic carbocycles. The van der Waals surface area contributed by atoms with Gasteiger partial charge in [0.2, 0.25) is 5.91 Å². The van der Waals surface area contributed by atoms with E-state index in [0.717, 1.165) is 17.0 Å². The second-order valence-corrected chi connectivity index (χ2v) is 6.75. The summed E-state index contributed by atoms with van der Waals surface area (Å²) >= 11 is 11.0. The van der Waals surface area contributed by atoms with Crippen molar-refractivity contribution < 1.29 is 4.79 Å². The summed E-state index contributed by atoms with van der Waals surface area (Å²) in [6.07, 6.45) is 1.12. The Hall–Kier alpha value is -2.11. The first-order chi connectivity index (χ1) is 11.9. The Morgan fingerprint density at radius 1 is 1.00 bits per heavy atom. The average molecular weight is 376 g/mol. The Kier molecular flexibility index (Phi) is 7.22. The number of benzene rings is 2. The lowest BCUT2D eigenvalue weighted by Gasteiger charge is -2.12. The summed E-state index contributed by atoms with van der Waals surface area (Å²) in [5.41, 5.74) is 9.87. The van der Waals surface area contributed by atoms with Gasteiger partial charge in [-0.15, -0.1) is 0 Å². The first-order valence-corrected chi connectivity index (χ1v) is 8.86. The van der Waals surface area contributed by atoms with Crippen LogP contribution in [0.25, 0.3) is 0 Å². The largest absolute Gasteiger partial charge is 0.361 e. The third-order valence-electron chi connectivity index (χ3n) is 3.86. The van der Waals surface area contributed by atoms with Crippen LogP contribution in [0.3, 0.4) is 0 Å². The number of halogens is 1. The molecule has 0 aromatic heterocycles. The first-order valence-electron chi connectivity index (χ1n) is 8.07. The molecule has 132 valence electrons. The van der Waals surface area contributed by atoms with Gasteiger partial charge in [0.1, 0.15) is 0 Å². The predicted molar refractivity (Wildman–Crippen MR) is 107 cm³/mol. The molecule has 0 aliphatic rings. The van der Waals surface area contributed by atoms with Crippen molar-refractivity contribution in [1.82, 2.24) is 16.2 Å². The summed E-state index contributed by atoms with van der Waals surface area (Å²) in [7, 11) is 0. The summed E-state index contributed by atoms with van der Waals surface area (Å²) in [4.78, 5) is 12.0. The molecule has 2 aromatic rings. The molecule has 0 aliphatic heterocycles. The van der Waals surface area contributed by atoms with Gasteiger partial charge in [0.15, 0.2) is 5.11 Å². The van der Waals surface area contributed by atoms with Crippen LogP contribution in [0.15, 0.2) is 42.5 Å². The third-order valence-corrected chi connectivity index (χ3v) is 4.36. The lowest BCUT2D eigenvalue weighted by molar-refractivity contribution is -0.121. The fourth-order valence-corrected chi connectivity index (χ4v) is 2.56. The zero-order valence-electron chi connectivity index (χ0n) is 14.4. The molecule has 4 nitrogen and oxygen atoms in total. The molecule has 0 saturated carbocycles. The number of hydrogen-bond acceptors (Lipinski definition) is 2. The van der Waals surface area contributed by atoms with Crippen LogP contribution in [0.2, 0.25) is 5.02 Å². The normalized spacial score (nSPS) is 10.2. The molecule has 0 radical (unpaired) electrons. The monoisotopic (exact) mass is 375 g/mol. The molecule has 2 rings (SSSR count). The van der Waals surface area contributed by atoms with E-state index in [2.05, 4.69) is 23.1 Å². The Morgan fingerprint density at radius 2 is 1.68 bits per heavy atom. The lowest BCUT2D eigenvalue weighted by Crippen LogP contribution is -2.47. The fraction of sp³-hybridized carbons (Fsp3) is 0.263. The highest BCUT2D eigenvalue weighted by Gasteiger charge is 2.05. The van der Waals surface area contributed by atoms with Crippen LogP contribution in [0.1, 0.15) is 22.3 Å². The highest BCUT2D eigenvalue weighted by atomic mass is 35.5. The number of carbonyl (C=O) groups excluding carboxylic acids is 1. The maximum atomic E-state index is 12.0. The predicted octanol–water partition coefficient (Wildman–Crippen LogP) is 3.24. The van der Waals surface area contributed by atoms with E-state index in [1.807, 2.05) is 49.4 Å². The molecule has 25 heavy (non-hydrogen) atoms. The van der Waals surface area contributed by atoms with Crippen LogP contribution >= 0.6 is 23.8 Å². The molecular formula is C19H22ClN3OS. The van der Waals surface area contributed by atoms with E-state index in [0.29, 0.717) is 18.1 Å². The molecule has 0 atom stereocenters. The molecule has 1 amide bonds. The van der Waals surface area contributed by atoms with Crippen molar-refractivity contribution in [3.63, 3.8) is 0 Å². The maximum absolute atomic E-state index is 12.0. The van der Waals surface area contributed by atoms with Gasteiger partial charge >= 0.3 is 0 Å². The topological polar surface area (TPSA) is 53.2 Å². The molecule has 0 aliphatic carbocycles. The van der Waals surface area contributed by atoms with Gasteiger partial charge in [0, 0.05) is 11.6 Å². The van der Waals surface area contributed by atoms with Gasteiger partial charge in [-0.3, -0.25) is 15.6 Å². The molecule has 3 N–H and O–H groups in total. The number of aryl methyl sites for hydroxylation is 2. The summed E-state index contributed by atoms with van der Waals surface area (Å²) in [5.74, 6) is -0.134. The minimum atomic E-state index is -0.134. The van der Waals surface area contributed by atoms with Gasteiger partial charge < -0.3 is 5.32 Å². The van der Waals surface area contributed by atoms with Gasteiger partial charge in [-0.25, -0.2) is 0 Å². The Bertz CT molecular complexity index is 747. The van der Waals surface area contributed by atoms with E-state index >= 15 is 0 Å². The highest BCUT2D eigenvalue weighted by Crippen LogP contribution is 2.10. The Labute approximate surface area is 158 Å². The number of hydrazine groups is 1. The quantitative estimate of drug-likeness (QED) is 0.554. The van der Waals surface area contributed by atoms with Crippen molar-refractivity contribution in [2.24, 2.45) is 0 Å². The van der Waals surface area contributed by atoms with Gasteiger partial charge in [-0.1, -0.05) is 41.9 Å². The van der Waals surface area contributed by atoms with Crippen LogP contribution in [0.4, 0.5) is 0 Å². The third kappa shape index (κ3) is 6.72. The molecule has 0 spiro atoms. The van der Waals surface area contributed by atoms with Crippen molar-refractivity contribution in [1.29, 1.82) is 0 Å². The Morgan fingerprint density at radius 3 is 2.36 bits per heavy atom. The molecule has 0 saturated heterocycles. The minimum Gasteiger partial charge on any atom is -0.361 e. The van der Waals surface area contributed by atoms with E-state index in [1.165, 1.54) is 16.7 Å². The Balaban J connectivity index is 1.67. The standard InChI is InChI=1S/C19H22ClN3OS/c1-13-3-4-16(11-14(13)2)12-18(24)22-23-19(25)21-10-9-15-5-7-17(20)8-6-15/h3-8,11H,9-10,12H2,1-2H3,(H,22,24)(H2,21,23,25). The second-order valence-electron chi connectivity index (χ2n) is 5.90. The molecule has 0 bridgehead atoms. The number of nitrogens with one attached hydrogen (secondary N) is 3. The first kappa shape index (κ1) is 19.2. The van der Waals surface area contributed by atoms with Gasteiger partial charge in [-0.2, -0.15) is 0 Å². The van der Waals surface area contributed by atoms with Gasteiger partial charge in [0.25, 0.3) is 0 Å². The lowest BCUT2D eigenvalue weighted by atomic mass is 10.0. The molecule has 0 fully saturated rings. The zero-order chi connectivity index (χ0) is 18.2. The van der Waals surface area contributed by atoms with E-state index in [4.69, 9.17) is 23.8 Å². The van der Waals surface area contributed by atoms with E-state index in [1.54, 1.807) is 0 Å². The zero-order valence-corrected chi connectivity index (χ0v) is 15.9. The van der Waals surface area contributed by atoms with Crippen LogP contribution in [-0.2, 0) is 17.6 Å². The summed E-state index contributed by atoms with van der Waals surface area (Å²) in [6.45, 7) is 4.75. The second kappa shape index (κ2) is 9.39. The summed E-state index contributed by atoms with van der Waals surface area (Å²) in [6, 6.07) is 13.7. The molecule has 0 heterocycles. The number of amides is 1. The number of carbonyl (C=O) groups is 1. The van der Waals surface area contributed by atoms with Crippen LogP contribution in [0.5, 0.6) is 0 Å². The SMILES string of the molecule is Cc1ccc(CC(=O)NNC(=S)NCCc2ccc(Cl)cc2)cc1C. The van der Waals surface area contributed by atoms with E-state index in [-0.39, 0.29) is 5.91 Å². The van der Waals surface area contributed by atoms with E-state index in [9.17, 15) is 4.79 Å². The van der Waals surface area contributed by atoms with Gasteiger partial charge in [-0.05, 0) is 66.9 Å². The number of thiocarbonyl (C=S) groups is 1. The summed E-state index contributed by atoms with van der Waals surface area (Å²) in [5, 5.41) is 4.17. The van der Waals surface area contributed by atoms with Crippen molar-refractivity contribution in [2.75, 3.05) is 6.54 Å². The number of hydrogen-bond donors (Lipinski definition) is 3. The molecular weight excluding hydrogens is 354 g/mol. The summed E-state index contributed by atoms with van der Waals surface area (Å²) < 4.78 is 0. The van der Waals surface area contributed by atoms with Crippen molar-refractivity contribution in [3.8, 4) is 0 Å². The average Bonchev–Trinajstić information content (AvgIpc) is 2.58. The van der Waals surface area contributed by atoms with Crippen molar-refractivity contribution in [2.45, 2.75) is 26.7 Å². The van der Waals surface area contributed by atoms with Crippen LogP contribution in [-0.4, -0.2) is 17.6 Å². The molecule has 0 unspecified atom stereocenters. The highest BCUT2D eigenvalue weighted by molar-refractivity contribution is 7.80. The maximum Gasteiger partial charge on any atom is 0.242 e. The smallest absolute Gasteiger partial charge is 0.242 e. The van der Waals surface area contributed by atoms with E-state index < -0.39 is 0 Å². The minimum absolute atomic E-state index is 0.134. The van der Waals surface area contributed by atoms with Crippen LogP contribution in [0, 0.1) is 13.8 Å². The number of rotatable bonds is 5. The van der Waals surface area contributed by atoms with Crippen LogP contribution < -0.4 is 16.2 Å². The fourth-order valence-electron chi connectivity index (χ4n) is 2.29. The van der Waals surface area contributed by atoms with Crippen molar-refractivity contribution in [3.05, 3.63) is 69.7 Å². The molecule has 6 heteroatoms. The van der Waals surface area contributed by atoms with Gasteiger partial charge in [0.05, 0.1) is 6.42 Å². The van der Waals surface area contributed by atoms with Crippen molar-refractivity contribution >= 4 is 34.8 Å².